The number of anilines is 1. The molecule has 0 spiro atoms. The van der Waals surface area contributed by atoms with Gasteiger partial charge in [0.1, 0.15) is 5.25 Å². The van der Waals surface area contributed by atoms with E-state index < -0.39 is 0 Å². The van der Waals surface area contributed by atoms with Gasteiger partial charge in [0.05, 0.1) is 6.04 Å². The zero-order chi connectivity index (χ0) is 17.8. The van der Waals surface area contributed by atoms with Gasteiger partial charge < -0.3 is 5.32 Å². The number of hydrogen-bond donors (Lipinski definition) is 1. The summed E-state index contributed by atoms with van der Waals surface area (Å²) in [4.78, 5) is 31.4. The summed E-state index contributed by atoms with van der Waals surface area (Å²) in [7, 11) is 0. The molecule has 0 bridgehead atoms. The number of amidine groups is 1. The lowest BCUT2D eigenvalue weighted by Gasteiger charge is -2.14. The fourth-order valence-electron chi connectivity index (χ4n) is 3.13. The van der Waals surface area contributed by atoms with E-state index in [1.165, 1.54) is 24.6 Å². The topological polar surface area (TPSA) is 61.8 Å². The summed E-state index contributed by atoms with van der Waals surface area (Å²) in [5, 5.41) is 3.27. The van der Waals surface area contributed by atoms with Crippen molar-refractivity contribution in [2.24, 2.45) is 4.99 Å². The van der Waals surface area contributed by atoms with Gasteiger partial charge in [-0.3, -0.25) is 19.5 Å². The average molecular weight is 424 g/mol. The van der Waals surface area contributed by atoms with E-state index in [-0.39, 0.29) is 23.5 Å². The number of carbonyl (C=O) groups is 2. The molecule has 0 unspecified atom stereocenters. The van der Waals surface area contributed by atoms with Gasteiger partial charge in [0.2, 0.25) is 11.8 Å². The third-order valence-corrected chi connectivity index (χ3v) is 6.17. The zero-order valence-electron chi connectivity index (χ0n) is 14.2. The second-order valence-corrected chi connectivity index (χ2v) is 8.38. The average Bonchev–Trinajstić information content (AvgIpc) is 3.19. The highest BCUT2D eigenvalue weighted by molar-refractivity contribution is 9.10. The molecule has 1 aromatic rings. The zero-order valence-corrected chi connectivity index (χ0v) is 16.6. The number of nitrogens with one attached hydrogen (secondary N) is 1. The van der Waals surface area contributed by atoms with Crippen molar-refractivity contribution in [2.75, 3.05) is 11.9 Å². The normalized spacial score (nSPS) is 22.8. The van der Waals surface area contributed by atoms with Crippen LogP contribution in [0, 0.1) is 0 Å². The van der Waals surface area contributed by atoms with Crippen LogP contribution in [0.5, 0.6) is 0 Å². The molecule has 3 rings (SSSR count). The molecule has 1 heterocycles. The van der Waals surface area contributed by atoms with Gasteiger partial charge >= 0.3 is 0 Å². The smallest absolute Gasteiger partial charge is 0.242 e. The summed E-state index contributed by atoms with van der Waals surface area (Å²) in [6.45, 7) is 2.55. The molecule has 1 saturated carbocycles. The van der Waals surface area contributed by atoms with Crippen LogP contribution >= 0.6 is 27.7 Å². The Balaban J connectivity index is 1.62. The van der Waals surface area contributed by atoms with Gasteiger partial charge in [-0.05, 0) is 44.0 Å². The highest BCUT2D eigenvalue weighted by Crippen LogP contribution is 2.32. The molecule has 1 aliphatic carbocycles. The quantitative estimate of drug-likeness (QED) is 0.776. The highest BCUT2D eigenvalue weighted by atomic mass is 79.9. The first kappa shape index (κ1) is 18.5. The lowest BCUT2D eigenvalue weighted by atomic mass is 10.2. The second kappa shape index (κ2) is 8.36. The number of thioether (sulfide) groups is 1. The van der Waals surface area contributed by atoms with Gasteiger partial charge in [-0.1, -0.05) is 40.5 Å². The fourth-order valence-corrected chi connectivity index (χ4v) is 4.67. The summed E-state index contributed by atoms with van der Waals surface area (Å²) in [5.41, 5.74) is 0.732. The van der Waals surface area contributed by atoms with Gasteiger partial charge in [0, 0.05) is 23.1 Å². The number of amides is 2. The van der Waals surface area contributed by atoms with Gasteiger partial charge in [-0.15, -0.1) is 0 Å². The van der Waals surface area contributed by atoms with E-state index in [1.807, 2.05) is 31.2 Å². The summed E-state index contributed by atoms with van der Waals surface area (Å²) in [6, 6.07) is 7.74. The predicted molar refractivity (Wildman–Crippen MR) is 106 cm³/mol. The Labute approximate surface area is 160 Å². The molecule has 1 aromatic carbocycles. The van der Waals surface area contributed by atoms with E-state index in [0.29, 0.717) is 12.6 Å². The van der Waals surface area contributed by atoms with Crippen molar-refractivity contribution in [3.8, 4) is 0 Å². The maximum absolute atomic E-state index is 12.6. The molecule has 0 radical (unpaired) electrons. The van der Waals surface area contributed by atoms with Crippen LogP contribution in [-0.2, 0) is 9.59 Å². The van der Waals surface area contributed by atoms with Crippen LogP contribution in [0.15, 0.2) is 33.7 Å². The maximum Gasteiger partial charge on any atom is 0.242 e. The van der Waals surface area contributed by atoms with E-state index in [4.69, 9.17) is 4.99 Å². The van der Waals surface area contributed by atoms with Crippen LogP contribution in [-0.4, -0.2) is 39.7 Å². The Morgan fingerprint density at radius 2 is 2.00 bits per heavy atom. The van der Waals surface area contributed by atoms with Crippen molar-refractivity contribution in [3.63, 3.8) is 0 Å². The standard InChI is InChI=1S/C18H22BrN3O2S/c1-2-22-17(24)15(25-18(22)21-13-5-3-4-6-13)11-16(23)20-14-9-7-12(19)8-10-14/h7-10,13,15H,2-6,11H2,1H3,(H,20,23)/t15-/m0/s1. The van der Waals surface area contributed by atoms with Gasteiger partial charge in [0.15, 0.2) is 5.17 Å². The molecule has 1 aliphatic heterocycles. The molecule has 2 fully saturated rings. The third-order valence-electron chi connectivity index (χ3n) is 4.45. The fraction of sp³-hybridized carbons (Fsp3) is 0.500. The Hall–Kier alpha value is -1.34. The lowest BCUT2D eigenvalue weighted by Crippen LogP contribution is -2.33. The highest BCUT2D eigenvalue weighted by Gasteiger charge is 2.38. The molecule has 2 amide bonds. The van der Waals surface area contributed by atoms with Crippen LogP contribution < -0.4 is 5.32 Å². The molecule has 1 atom stereocenters. The molecule has 1 N–H and O–H groups in total. The van der Waals surface area contributed by atoms with Crippen molar-refractivity contribution in [2.45, 2.75) is 50.3 Å². The number of halogens is 1. The maximum atomic E-state index is 12.6. The van der Waals surface area contributed by atoms with Crippen LogP contribution in [0.1, 0.15) is 39.0 Å². The van der Waals surface area contributed by atoms with E-state index in [9.17, 15) is 9.59 Å². The SMILES string of the molecule is CCN1C(=O)[C@H](CC(=O)Nc2ccc(Br)cc2)SC1=NC1CCCC1. The van der Waals surface area contributed by atoms with Crippen LogP contribution in [0.2, 0.25) is 0 Å². The largest absolute Gasteiger partial charge is 0.326 e. The molecular weight excluding hydrogens is 402 g/mol. The Morgan fingerprint density at radius 3 is 2.64 bits per heavy atom. The number of hydrogen-bond acceptors (Lipinski definition) is 4. The Kier molecular flexibility index (Phi) is 6.17. The molecule has 134 valence electrons. The van der Waals surface area contributed by atoms with Gasteiger partial charge in [0.25, 0.3) is 0 Å². The number of aliphatic imine (C=N–C) groups is 1. The summed E-state index contributed by atoms with van der Waals surface area (Å²) in [5.74, 6) is -0.151. The van der Waals surface area contributed by atoms with Crippen molar-refractivity contribution in [3.05, 3.63) is 28.7 Å². The minimum atomic E-state index is -0.379. The first-order valence-corrected chi connectivity index (χ1v) is 10.4. The monoisotopic (exact) mass is 423 g/mol. The van der Waals surface area contributed by atoms with Gasteiger partial charge in [-0.2, -0.15) is 0 Å². The first-order chi connectivity index (χ1) is 12.1. The summed E-state index contributed by atoms with van der Waals surface area (Å²) >= 11 is 4.81. The van der Waals surface area contributed by atoms with E-state index >= 15 is 0 Å². The molecule has 5 nitrogen and oxygen atoms in total. The van der Waals surface area contributed by atoms with Crippen molar-refractivity contribution < 1.29 is 9.59 Å². The van der Waals surface area contributed by atoms with Crippen molar-refractivity contribution in [1.82, 2.24) is 4.90 Å². The second-order valence-electron chi connectivity index (χ2n) is 6.30. The van der Waals surface area contributed by atoms with Crippen LogP contribution in [0.4, 0.5) is 5.69 Å². The predicted octanol–water partition coefficient (Wildman–Crippen LogP) is 4.04. The molecule has 25 heavy (non-hydrogen) atoms. The van der Waals surface area contributed by atoms with Crippen molar-refractivity contribution >= 4 is 50.4 Å². The third kappa shape index (κ3) is 4.64. The van der Waals surface area contributed by atoms with Crippen molar-refractivity contribution in [1.29, 1.82) is 0 Å². The van der Waals surface area contributed by atoms with Crippen LogP contribution in [0.3, 0.4) is 0 Å². The molecular formula is C18H22BrN3O2S. The number of carbonyl (C=O) groups excluding carboxylic acids is 2. The van der Waals surface area contributed by atoms with Crippen LogP contribution in [0.25, 0.3) is 0 Å². The van der Waals surface area contributed by atoms with E-state index in [0.717, 1.165) is 28.2 Å². The van der Waals surface area contributed by atoms with E-state index in [2.05, 4.69) is 21.2 Å². The number of benzene rings is 1. The first-order valence-electron chi connectivity index (χ1n) is 8.68. The molecule has 7 heteroatoms. The minimum Gasteiger partial charge on any atom is -0.326 e. The number of rotatable bonds is 5. The van der Waals surface area contributed by atoms with Gasteiger partial charge in [-0.25, -0.2) is 0 Å². The summed E-state index contributed by atoms with van der Waals surface area (Å²) in [6.07, 6.45) is 4.80. The molecule has 0 aromatic heterocycles. The van der Waals surface area contributed by atoms with E-state index in [1.54, 1.807) is 4.90 Å². The molecule has 2 aliphatic rings. The Morgan fingerprint density at radius 1 is 1.32 bits per heavy atom. The Bertz CT molecular complexity index is 671. The summed E-state index contributed by atoms with van der Waals surface area (Å²) < 4.78 is 0.957. The molecule has 1 saturated heterocycles. The lowest BCUT2D eigenvalue weighted by molar-refractivity contribution is -0.128. The number of nitrogens with zero attached hydrogens (tertiary/aromatic N) is 2. The minimum absolute atomic E-state index is 0.00444.